The molecule has 1 N–H and O–H groups in total. The minimum Gasteiger partial charge on any atom is -0.379 e. The van der Waals surface area contributed by atoms with Crippen LogP contribution in [0.4, 0.5) is 0 Å². The van der Waals surface area contributed by atoms with Crippen molar-refractivity contribution in [3.05, 3.63) is 0 Å². The Balaban J connectivity index is 3.45. The van der Waals surface area contributed by atoms with E-state index < -0.39 is 0 Å². The van der Waals surface area contributed by atoms with Gasteiger partial charge in [0.05, 0.1) is 5.60 Å². The summed E-state index contributed by atoms with van der Waals surface area (Å²) >= 11 is 0. The summed E-state index contributed by atoms with van der Waals surface area (Å²) < 4.78 is 5.38. The van der Waals surface area contributed by atoms with Crippen LogP contribution < -0.4 is 5.32 Å². The zero-order chi connectivity index (χ0) is 11.0. The van der Waals surface area contributed by atoms with Crippen LogP contribution in [0.3, 0.4) is 0 Å². The number of hydrogen-bond acceptors (Lipinski definition) is 2. The lowest BCUT2D eigenvalue weighted by Crippen LogP contribution is -2.25. The summed E-state index contributed by atoms with van der Waals surface area (Å²) in [5.41, 5.74) is 0.0569. The van der Waals surface area contributed by atoms with E-state index in [9.17, 15) is 0 Å². The summed E-state index contributed by atoms with van der Waals surface area (Å²) in [5, 5.41) is 3.33. The van der Waals surface area contributed by atoms with Crippen LogP contribution in [0.15, 0.2) is 0 Å². The zero-order valence-corrected chi connectivity index (χ0v) is 10.5. The highest BCUT2D eigenvalue weighted by atomic mass is 16.5. The summed E-state index contributed by atoms with van der Waals surface area (Å²) in [6, 6.07) is 0.695. The molecule has 0 heterocycles. The summed E-state index contributed by atoms with van der Waals surface area (Å²) in [6.45, 7) is 6.55. The van der Waals surface area contributed by atoms with Crippen LogP contribution in [-0.4, -0.2) is 25.8 Å². The van der Waals surface area contributed by atoms with E-state index >= 15 is 0 Å². The average molecular weight is 201 g/mol. The van der Waals surface area contributed by atoms with Crippen molar-refractivity contribution in [1.82, 2.24) is 5.32 Å². The van der Waals surface area contributed by atoms with E-state index in [0.717, 1.165) is 6.42 Å². The molecule has 0 radical (unpaired) electrons. The Bertz CT molecular complexity index is 130. The van der Waals surface area contributed by atoms with E-state index in [4.69, 9.17) is 4.74 Å². The van der Waals surface area contributed by atoms with E-state index in [1.807, 2.05) is 7.05 Å². The van der Waals surface area contributed by atoms with E-state index in [2.05, 4.69) is 26.1 Å². The van der Waals surface area contributed by atoms with Gasteiger partial charge in [-0.25, -0.2) is 0 Å². The van der Waals surface area contributed by atoms with Crippen molar-refractivity contribution in [2.45, 2.75) is 64.5 Å². The lowest BCUT2D eigenvalue weighted by atomic mass is 9.98. The van der Waals surface area contributed by atoms with E-state index in [1.54, 1.807) is 7.11 Å². The van der Waals surface area contributed by atoms with Crippen LogP contribution >= 0.6 is 0 Å². The normalized spacial score (nSPS) is 14.4. The predicted octanol–water partition coefficient (Wildman–Crippen LogP) is 2.97. The van der Waals surface area contributed by atoms with Gasteiger partial charge >= 0.3 is 0 Å². The molecule has 0 aliphatic carbocycles. The Kier molecular flexibility index (Phi) is 7.20. The zero-order valence-electron chi connectivity index (χ0n) is 10.5. The third-order valence-electron chi connectivity index (χ3n) is 3.04. The molecule has 2 nitrogen and oxygen atoms in total. The summed E-state index contributed by atoms with van der Waals surface area (Å²) in [7, 11) is 3.84. The molecule has 0 spiro atoms. The maximum Gasteiger partial charge on any atom is 0.0622 e. The molecule has 0 aliphatic heterocycles. The molecule has 2 heteroatoms. The third-order valence-corrected chi connectivity index (χ3v) is 3.04. The maximum atomic E-state index is 5.38. The number of ether oxygens (including phenoxy) is 1. The van der Waals surface area contributed by atoms with Gasteiger partial charge < -0.3 is 10.1 Å². The third kappa shape index (κ3) is 6.39. The first-order valence-electron chi connectivity index (χ1n) is 5.78. The van der Waals surface area contributed by atoms with Crippen molar-refractivity contribution in [2.75, 3.05) is 14.2 Å². The topological polar surface area (TPSA) is 21.3 Å². The monoisotopic (exact) mass is 201 g/mol. The molecule has 0 aromatic heterocycles. The van der Waals surface area contributed by atoms with Crippen LogP contribution in [0, 0.1) is 0 Å². The minimum atomic E-state index is 0.0569. The SMILES string of the molecule is CCC(CCCCC(C)(C)OC)NC. The van der Waals surface area contributed by atoms with Crippen LogP contribution in [0.5, 0.6) is 0 Å². The molecule has 0 aliphatic rings. The Morgan fingerprint density at radius 1 is 1.29 bits per heavy atom. The van der Waals surface area contributed by atoms with Gasteiger partial charge in [0, 0.05) is 13.2 Å². The van der Waals surface area contributed by atoms with Gasteiger partial charge in [0.2, 0.25) is 0 Å². The molecule has 0 saturated carbocycles. The number of methoxy groups -OCH3 is 1. The molecule has 0 aromatic rings. The van der Waals surface area contributed by atoms with Crippen molar-refractivity contribution in [1.29, 1.82) is 0 Å². The smallest absolute Gasteiger partial charge is 0.0622 e. The maximum absolute atomic E-state index is 5.38. The summed E-state index contributed by atoms with van der Waals surface area (Å²) in [4.78, 5) is 0. The highest BCUT2D eigenvalue weighted by molar-refractivity contribution is 4.69. The molecule has 1 unspecified atom stereocenters. The Morgan fingerprint density at radius 2 is 1.93 bits per heavy atom. The number of rotatable bonds is 8. The molecule has 0 aromatic carbocycles. The van der Waals surface area contributed by atoms with Gasteiger partial charge in [-0.05, 0) is 40.2 Å². The van der Waals surface area contributed by atoms with Crippen LogP contribution in [0.25, 0.3) is 0 Å². The highest BCUT2D eigenvalue weighted by Gasteiger charge is 2.15. The molecule has 0 amide bonds. The van der Waals surface area contributed by atoms with Crippen molar-refractivity contribution in [3.8, 4) is 0 Å². The van der Waals surface area contributed by atoms with Crippen molar-refractivity contribution >= 4 is 0 Å². The molecular formula is C12H27NO. The van der Waals surface area contributed by atoms with Crippen molar-refractivity contribution < 1.29 is 4.74 Å². The minimum absolute atomic E-state index is 0.0569. The van der Waals surface area contributed by atoms with E-state index in [-0.39, 0.29) is 5.60 Å². The second-order valence-electron chi connectivity index (χ2n) is 4.60. The molecule has 1 atom stereocenters. The van der Waals surface area contributed by atoms with Crippen LogP contribution in [0.1, 0.15) is 52.9 Å². The number of hydrogen-bond donors (Lipinski definition) is 1. The second-order valence-corrected chi connectivity index (χ2v) is 4.60. The first-order chi connectivity index (χ1) is 6.55. The Labute approximate surface area is 89.4 Å². The largest absolute Gasteiger partial charge is 0.379 e. The Morgan fingerprint density at radius 3 is 2.36 bits per heavy atom. The van der Waals surface area contributed by atoms with Crippen molar-refractivity contribution in [3.63, 3.8) is 0 Å². The Hall–Kier alpha value is -0.0800. The standard InChI is InChI=1S/C12H27NO/c1-6-11(13-4)9-7-8-10-12(2,3)14-5/h11,13H,6-10H2,1-5H3. The molecule has 0 bridgehead atoms. The quantitative estimate of drug-likeness (QED) is 0.610. The second kappa shape index (κ2) is 7.24. The predicted molar refractivity (Wildman–Crippen MR) is 62.7 cm³/mol. The average Bonchev–Trinajstić information content (AvgIpc) is 2.18. The molecule has 0 saturated heterocycles. The molecule has 14 heavy (non-hydrogen) atoms. The highest BCUT2D eigenvalue weighted by Crippen LogP contribution is 2.18. The number of unbranched alkanes of at least 4 members (excludes halogenated alkanes) is 1. The van der Waals surface area contributed by atoms with Gasteiger partial charge in [0.1, 0.15) is 0 Å². The first-order valence-corrected chi connectivity index (χ1v) is 5.78. The van der Waals surface area contributed by atoms with Gasteiger partial charge in [-0.15, -0.1) is 0 Å². The van der Waals surface area contributed by atoms with Gasteiger partial charge in [-0.2, -0.15) is 0 Å². The van der Waals surface area contributed by atoms with E-state index in [0.29, 0.717) is 6.04 Å². The fourth-order valence-corrected chi connectivity index (χ4v) is 1.60. The molecule has 0 fully saturated rings. The molecular weight excluding hydrogens is 174 g/mol. The lowest BCUT2D eigenvalue weighted by Gasteiger charge is -2.23. The van der Waals surface area contributed by atoms with Gasteiger partial charge in [-0.3, -0.25) is 0 Å². The first kappa shape index (κ1) is 13.9. The van der Waals surface area contributed by atoms with Gasteiger partial charge in [-0.1, -0.05) is 19.8 Å². The summed E-state index contributed by atoms with van der Waals surface area (Å²) in [5.74, 6) is 0. The molecule has 0 rings (SSSR count). The van der Waals surface area contributed by atoms with Gasteiger partial charge in [0.15, 0.2) is 0 Å². The fraction of sp³-hybridized carbons (Fsp3) is 1.00. The van der Waals surface area contributed by atoms with Gasteiger partial charge in [0.25, 0.3) is 0 Å². The van der Waals surface area contributed by atoms with Crippen molar-refractivity contribution in [2.24, 2.45) is 0 Å². The number of nitrogens with one attached hydrogen (secondary N) is 1. The summed E-state index contributed by atoms with van der Waals surface area (Å²) in [6.07, 6.45) is 6.23. The van der Waals surface area contributed by atoms with Crippen LogP contribution in [0.2, 0.25) is 0 Å². The molecule has 86 valence electrons. The lowest BCUT2D eigenvalue weighted by molar-refractivity contribution is 0.0133. The van der Waals surface area contributed by atoms with Crippen LogP contribution in [-0.2, 0) is 4.74 Å². The van der Waals surface area contributed by atoms with E-state index in [1.165, 1.54) is 25.7 Å². The fourth-order valence-electron chi connectivity index (χ4n) is 1.60.